The molecule has 0 spiro atoms. The Hall–Kier alpha value is -1.99. The Bertz CT molecular complexity index is 984. The van der Waals surface area contributed by atoms with Gasteiger partial charge in [-0.05, 0) is 62.6 Å². The van der Waals surface area contributed by atoms with E-state index in [1.807, 2.05) is 69.6 Å². The fraction of sp³-hybridized carbons (Fsp3) is 0.481. The SMILES string of the molecule is CCN(C)C(=O)NC1CCN(CCC(CN(C)C(=O)c2ccccc2)c2ccc(Cl)c(Cl)c2)CC1.Cl. The van der Waals surface area contributed by atoms with E-state index in [9.17, 15) is 9.59 Å². The van der Waals surface area contributed by atoms with Crippen LogP contribution in [0.15, 0.2) is 48.5 Å². The number of nitrogens with zero attached hydrogens (tertiary/aromatic N) is 3. The number of halogens is 3. The van der Waals surface area contributed by atoms with Gasteiger partial charge in [-0.1, -0.05) is 47.5 Å². The first-order valence-corrected chi connectivity index (χ1v) is 13.0. The van der Waals surface area contributed by atoms with Crippen molar-refractivity contribution in [1.82, 2.24) is 20.0 Å². The molecule has 2 aromatic rings. The van der Waals surface area contributed by atoms with Crippen molar-refractivity contribution in [2.45, 2.75) is 38.1 Å². The van der Waals surface area contributed by atoms with Crippen LogP contribution in [0.2, 0.25) is 10.0 Å². The number of nitrogens with one attached hydrogen (secondary N) is 1. The Labute approximate surface area is 231 Å². The lowest BCUT2D eigenvalue weighted by atomic mass is 9.94. The lowest BCUT2D eigenvalue weighted by Crippen LogP contribution is -2.48. The molecular weight excluding hydrogens is 519 g/mol. The van der Waals surface area contributed by atoms with Crippen LogP contribution in [0.1, 0.15) is 48.0 Å². The molecule has 0 saturated carbocycles. The van der Waals surface area contributed by atoms with Gasteiger partial charge in [0.25, 0.3) is 5.91 Å². The highest BCUT2D eigenvalue weighted by Crippen LogP contribution is 2.29. The first-order valence-electron chi connectivity index (χ1n) is 12.3. The molecule has 3 rings (SSSR count). The molecule has 1 N–H and O–H groups in total. The van der Waals surface area contributed by atoms with Crippen molar-refractivity contribution in [2.24, 2.45) is 0 Å². The molecule has 1 unspecified atom stereocenters. The molecule has 198 valence electrons. The zero-order valence-electron chi connectivity index (χ0n) is 21.3. The Kier molecular flexibility index (Phi) is 12.3. The third-order valence-corrected chi connectivity index (χ3v) is 7.55. The number of hydrogen-bond donors (Lipinski definition) is 1. The van der Waals surface area contributed by atoms with Crippen LogP contribution in [-0.2, 0) is 0 Å². The third-order valence-electron chi connectivity index (χ3n) is 6.81. The van der Waals surface area contributed by atoms with E-state index in [1.165, 1.54) is 0 Å². The van der Waals surface area contributed by atoms with Crippen LogP contribution < -0.4 is 5.32 Å². The van der Waals surface area contributed by atoms with Crippen LogP contribution in [0.3, 0.4) is 0 Å². The number of carbonyl (C=O) groups excluding carboxylic acids is 2. The smallest absolute Gasteiger partial charge is 0.317 e. The van der Waals surface area contributed by atoms with Crippen LogP contribution in [-0.4, -0.2) is 79.5 Å². The molecule has 36 heavy (non-hydrogen) atoms. The minimum atomic E-state index is -0.00301. The third kappa shape index (κ3) is 8.55. The zero-order chi connectivity index (χ0) is 25.4. The minimum Gasteiger partial charge on any atom is -0.341 e. The zero-order valence-corrected chi connectivity index (χ0v) is 23.6. The van der Waals surface area contributed by atoms with E-state index in [-0.39, 0.29) is 36.3 Å². The maximum atomic E-state index is 13.0. The number of rotatable bonds is 9. The summed E-state index contributed by atoms with van der Waals surface area (Å²) in [5.41, 5.74) is 1.76. The number of hydrogen-bond acceptors (Lipinski definition) is 3. The summed E-state index contributed by atoms with van der Waals surface area (Å²) in [6.45, 7) is 6.04. The molecule has 1 aliphatic heterocycles. The standard InChI is InChI=1S/C27H36Cl2N4O2.ClH/c1-4-31(2)27(35)30-23-13-16-33(17-14-23)15-12-22(21-10-11-24(28)25(29)18-21)19-32(3)26(34)20-8-6-5-7-9-20;/h5-11,18,22-23H,4,12-17,19H2,1-3H3,(H,30,35);1H. The molecule has 6 nitrogen and oxygen atoms in total. The number of likely N-dealkylation sites (N-methyl/N-ethyl adjacent to an activating group) is 1. The summed E-state index contributed by atoms with van der Waals surface area (Å²) < 4.78 is 0. The highest BCUT2D eigenvalue weighted by atomic mass is 35.5. The summed E-state index contributed by atoms with van der Waals surface area (Å²) in [5.74, 6) is 0.127. The van der Waals surface area contributed by atoms with Gasteiger partial charge in [-0.15, -0.1) is 12.4 Å². The molecule has 9 heteroatoms. The maximum Gasteiger partial charge on any atom is 0.317 e. The fourth-order valence-electron chi connectivity index (χ4n) is 4.41. The molecule has 1 heterocycles. The first-order chi connectivity index (χ1) is 16.8. The summed E-state index contributed by atoms with van der Waals surface area (Å²) in [7, 11) is 3.66. The summed E-state index contributed by atoms with van der Waals surface area (Å²) in [6.07, 6.45) is 2.76. The van der Waals surface area contributed by atoms with E-state index in [4.69, 9.17) is 23.2 Å². The molecule has 3 amide bonds. The number of amides is 3. The second-order valence-corrected chi connectivity index (χ2v) is 10.1. The van der Waals surface area contributed by atoms with Crippen LogP contribution in [0.5, 0.6) is 0 Å². The number of carbonyl (C=O) groups is 2. The van der Waals surface area contributed by atoms with Gasteiger partial charge in [0.15, 0.2) is 0 Å². The number of piperidine rings is 1. The Morgan fingerprint density at radius 3 is 2.31 bits per heavy atom. The van der Waals surface area contributed by atoms with Crippen molar-refractivity contribution in [3.05, 3.63) is 69.7 Å². The minimum absolute atomic E-state index is 0. The molecule has 2 aromatic carbocycles. The highest BCUT2D eigenvalue weighted by Gasteiger charge is 2.24. The summed E-state index contributed by atoms with van der Waals surface area (Å²) in [6, 6.07) is 15.3. The monoisotopic (exact) mass is 554 g/mol. The molecule has 0 radical (unpaired) electrons. The van der Waals surface area contributed by atoms with E-state index in [1.54, 1.807) is 9.80 Å². The second-order valence-electron chi connectivity index (χ2n) is 9.29. The lowest BCUT2D eigenvalue weighted by Gasteiger charge is -2.34. The van der Waals surface area contributed by atoms with E-state index in [2.05, 4.69) is 10.2 Å². The fourth-order valence-corrected chi connectivity index (χ4v) is 4.72. The topological polar surface area (TPSA) is 55.9 Å². The lowest BCUT2D eigenvalue weighted by molar-refractivity contribution is 0.0781. The van der Waals surface area contributed by atoms with Gasteiger partial charge in [0, 0.05) is 57.8 Å². The van der Waals surface area contributed by atoms with Gasteiger partial charge in [0.1, 0.15) is 0 Å². The van der Waals surface area contributed by atoms with Gasteiger partial charge in [-0.3, -0.25) is 4.79 Å². The summed E-state index contributed by atoms with van der Waals surface area (Å²) in [4.78, 5) is 31.0. The Morgan fingerprint density at radius 2 is 1.69 bits per heavy atom. The number of urea groups is 1. The predicted molar refractivity (Wildman–Crippen MR) is 151 cm³/mol. The second kappa shape index (κ2) is 14.7. The average Bonchev–Trinajstić information content (AvgIpc) is 2.88. The summed E-state index contributed by atoms with van der Waals surface area (Å²) >= 11 is 12.5. The van der Waals surface area contributed by atoms with Gasteiger partial charge in [0.2, 0.25) is 0 Å². The van der Waals surface area contributed by atoms with Crippen molar-refractivity contribution in [3.63, 3.8) is 0 Å². The summed E-state index contributed by atoms with van der Waals surface area (Å²) in [5, 5.41) is 4.19. The van der Waals surface area contributed by atoms with Gasteiger partial charge < -0.3 is 20.0 Å². The van der Waals surface area contributed by atoms with Gasteiger partial charge in [0.05, 0.1) is 10.0 Å². The highest BCUT2D eigenvalue weighted by molar-refractivity contribution is 6.42. The van der Waals surface area contributed by atoms with Gasteiger partial charge >= 0.3 is 6.03 Å². The first kappa shape index (κ1) is 30.2. The van der Waals surface area contributed by atoms with Crippen molar-refractivity contribution in [3.8, 4) is 0 Å². The van der Waals surface area contributed by atoms with Gasteiger partial charge in [-0.2, -0.15) is 0 Å². The quantitative estimate of drug-likeness (QED) is 0.426. The maximum absolute atomic E-state index is 13.0. The average molecular weight is 556 g/mol. The van der Waals surface area contributed by atoms with Crippen molar-refractivity contribution >= 4 is 47.5 Å². The largest absolute Gasteiger partial charge is 0.341 e. The molecule has 1 saturated heterocycles. The van der Waals surface area contributed by atoms with Crippen LogP contribution >= 0.6 is 35.6 Å². The predicted octanol–water partition coefficient (Wildman–Crippen LogP) is 5.79. The molecule has 1 aliphatic rings. The van der Waals surface area contributed by atoms with Crippen molar-refractivity contribution in [1.29, 1.82) is 0 Å². The Balaban J connectivity index is 0.00000456. The molecule has 0 bridgehead atoms. The van der Waals surface area contributed by atoms with E-state index in [0.717, 1.165) is 44.5 Å². The number of likely N-dealkylation sites (tertiary alicyclic amines) is 1. The normalized spacial score (nSPS) is 15.0. The van der Waals surface area contributed by atoms with E-state index in [0.29, 0.717) is 28.7 Å². The van der Waals surface area contributed by atoms with E-state index < -0.39 is 0 Å². The van der Waals surface area contributed by atoms with Crippen LogP contribution in [0, 0.1) is 0 Å². The Morgan fingerprint density at radius 1 is 1.03 bits per heavy atom. The van der Waals surface area contributed by atoms with Gasteiger partial charge in [-0.25, -0.2) is 4.79 Å². The molecule has 0 aromatic heterocycles. The molecule has 1 atom stereocenters. The molecular formula is C27H37Cl3N4O2. The van der Waals surface area contributed by atoms with E-state index >= 15 is 0 Å². The van der Waals surface area contributed by atoms with Crippen LogP contribution in [0.4, 0.5) is 4.79 Å². The van der Waals surface area contributed by atoms with Crippen LogP contribution in [0.25, 0.3) is 0 Å². The van der Waals surface area contributed by atoms with Crippen molar-refractivity contribution < 1.29 is 9.59 Å². The van der Waals surface area contributed by atoms with Crippen molar-refractivity contribution in [2.75, 3.05) is 46.8 Å². The molecule has 0 aliphatic carbocycles. The molecule has 1 fully saturated rings. The number of benzene rings is 2.